The van der Waals surface area contributed by atoms with Crippen LogP contribution in [0.25, 0.3) is 22.2 Å². The molecule has 0 radical (unpaired) electrons. The molecule has 4 aromatic rings. The summed E-state index contributed by atoms with van der Waals surface area (Å²) in [6.07, 6.45) is 0. The van der Waals surface area contributed by atoms with Crippen LogP contribution in [0.15, 0.2) is 77.3 Å². The lowest BCUT2D eigenvalue weighted by atomic mass is 10.0. The van der Waals surface area contributed by atoms with Crippen molar-refractivity contribution in [2.75, 3.05) is 11.9 Å². The Bertz CT molecular complexity index is 1290. The molecule has 0 aliphatic carbocycles. The van der Waals surface area contributed by atoms with Crippen molar-refractivity contribution in [3.63, 3.8) is 0 Å². The van der Waals surface area contributed by atoms with Crippen LogP contribution in [-0.4, -0.2) is 17.5 Å². The van der Waals surface area contributed by atoms with Crippen LogP contribution in [0.3, 0.4) is 0 Å². The van der Waals surface area contributed by atoms with E-state index in [-0.39, 0.29) is 5.69 Å². The predicted molar refractivity (Wildman–Crippen MR) is 130 cm³/mol. The summed E-state index contributed by atoms with van der Waals surface area (Å²) in [5, 5.41) is 3.37. The number of ether oxygens (including phenoxy) is 1. The van der Waals surface area contributed by atoms with Gasteiger partial charge in [0.15, 0.2) is 0 Å². The van der Waals surface area contributed by atoms with E-state index in [1.54, 1.807) is 12.1 Å². The highest BCUT2D eigenvalue weighted by Crippen LogP contribution is 2.28. The van der Waals surface area contributed by atoms with E-state index in [0.717, 1.165) is 11.3 Å². The van der Waals surface area contributed by atoms with Crippen molar-refractivity contribution in [1.29, 1.82) is 0 Å². The minimum atomic E-state index is -0.513. The number of nitrogens with zero attached hydrogens (tertiary/aromatic N) is 1. The molecule has 6 heteroatoms. The highest BCUT2D eigenvalue weighted by atomic mass is 79.9. The van der Waals surface area contributed by atoms with Crippen molar-refractivity contribution < 1.29 is 13.9 Å². The van der Waals surface area contributed by atoms with Gasteiger partial charge in [0.2, 0.25) is 0 Å². The number of halogens is 2. The first-order chi connectivity index (χ1) is 15.4. The second kappa shape index (κ2) is 9.49. The molecule has 0 fully saturated rings. The summed E-state index contributed by atoms with van der Waals surface area (Å²) < 4.78 is 20.7. The van der Waals surface area contributed by atoms with Gasteiger partial charge in [-0.2, -0.15) is 0 Å². The maximum absolute atomic E-state index is 14.3. The van der Waals surface area contributed by atoms with E-state index in [4.69, 9.17) is 9.72 Å². The molecular weight excluding hydrogens is 471 g/mol. The van der Waals surface area contributed by atoms with E-state index < -0.39 is 11.7 Å². The van der Waals surface area contributed by atoms with E-state index in [0.29, 0.717) is 39.2 Å². The number of carbonyl (C=O) groups excluding carboxylic acids is 1. The number of carbonyl (C=O) groups is 1. The minimum Gasteiger partial charge on any atom is -0.493 e. The fourth-order valence-electron chi connectivity index (χ4n) is 3.30. The maximum atomic E-state index is 14.3. The van der Waals surface area contributed by atoms with Crippen LogP contribution in [0.4, 0.5) is 10.1 Å². The fraction of sp³-hybridized carbons (Fsp3) is 0.154. The smallest absolute Gasteiger partial charge is 0.256 e. The Morgan fingerprint density at radius 2 is 1.88 bits per heavy atom. The standard InChI is InChI=1S/C26H22BrFN2O2/c1-16(2)15-32-19-7-5-6-17(12-19)25-14-21(20-8-3-4-9-23(20)29-25)26(31)30-24-11-10-18(27)13-22(24)28/h3-14,16H,15H2,1-2H3,(H,30,31). The summed E-state index contributed by atoms with van der Waals surface area (Å²) in [4.78, 5) is 17.9. The number of amides is 1. The first kappa shape index (κ1) is 22.0. The number of pyridine rings is 1. The third-order valence-electron chi connectivity index (χ3n) is 4.85. The minimum absolute atomic E-state index is 0.115. The van der Waals surface area contributed by atoms with Crippen molar-refractivity contribution in [3.8, 4) is 17.0 Å². The number of nitrogens with one attached hydrogen (secondary N) is 1. The second-order valence-corrected chi connectivity index (χ2v) is 8.80. The first-order valence-electron chi connectivity index (χ1n) is 10.3. The van der Waals surface area contributed by atoms with Crippen LogP contribution < -0.4 is 10.1 Å². The largest absolute Gasteiger partial charge is 0.493 e. The zero-order valence-corrected chi connectivity index (χ0v) is 19.3. The Labute approximate surface area is 194 Å². The summed E-state index contributed by atoms with van der Waals surface area (Å²) in [5.41, 5.74) is 2.69. The number of aromatic nitrogens is 1. The molecule has 0 aliphatic heterocycles. The normalized spacial score (nSPS) is 11.0. The lowest BCUT2D eigenvalue weighted by Gasteiger charge is -2.13. The predicted octanol–water partition coefficient (Wildman–Crippen LogP) is 7.09. The van der Waals surface area contributed by atoms with Crippen molar-refractivity contribution in [2.24, 2.45) is 5.92 Å². The van der Waals surface area contributed by atoms with E-state index in [2.05, 4.69) is 35.1 Å². The first-order valence-corrected chi connectivity index (χ1v) is 11.1. The molecule has 4 nitrogen and oxygen atoms in total. The third-order valence-corrected chi connectivity index (χ3v) is 5.35. The third kappa shape index (κ3) is 4.97. The molecular formula is C26H22BrFN2O2. The van der Waals surface area contributed by atoms with Crippen LogP contribution in [-0.2, 0) is 0 Å². The molecule has 4 rings (SSSR count). The SMILES string of the molecule is CC(C)COc1cccc(-c2cc(C(=O)Nc3ccc(Br)cc3F)c3ccccc3n2)c1. The number of rotatable bonds is 6. The average molecular weight is 493 g/mol. The van der Waals surface area contributed by atoms with Gasteiger partial charge in [0.1, 0.15) is 11.6 Å². The molecule has 0 unspecified atom stereocenters. The molecule has 0 aliphatic rings. The van der Waals surface area contributed by atoms with E-state index in [1.807, 2.05) is 48.5 Å². The summed E-state index contributed by atoms with van der Waals surface area (Å²) in [5.74, 6) is 0.237. The highest BCUT2D eigenvalue weighted by molar-refractivity contribution is 9.10. The zero-order chi connectivity index (χ0) is 22.7. The highest BCUT2D eigenvalue weighted by Gasteiger charge is 2.16. The van der Waals surface area contributed by atoms with Gasteiger partial charge in [-0.3, -0.25) is 4.79 Å². The van der Waals surface area contributed by atoms with Crippen LogP contribution in [0.2, 0.25) is 0 Å². The van der Waals surface area contributed by atoms with Gasteiger partial charge in [0.05, 0.1) is 29.1 Å². The molecule has 32 heavy (non-hydrogen) atoms. The maximum Gasteiger partial charge on any atom is 0.256 e. The summed E-state index contributed by atoms with van der Waals surface area (Å²) in [6, 6.07) is 21.3. The number of anilines is 1. The summed E-state index contributed by atoms with van der Waals surface area (Å²) in [6.45, 7) is 4.79. The molecule has 1 amide bonds. The monoisotopic (exact) mass is 492 g/mol. The van der Waals surface area contributed by atoms with Crippen molar-refractivity contribution in [3.05, 3.63) is 88.6 Å². The Kier molecular flexibility index (Phi) is 6.51. The molecule has 3 aromatic carbocycles. The molecule has 0 saturated carbocycles. The number of hydrogen-bond donors (Lipinski definition) is 1. The Balaban J connectivity index is 1.73. The lowest BCUT2D eigenvalue weighted by molar-refractivity contribution is 0.102. The van der Waals surface area contributed by atoms with Gasteiger partial charge in [-0.1, -0.05) is 60.1 Å². The Hall–Kier alpha value is -3.25. The fourth-order valence-corrected chi connectivity index (χ4v) is 3.63. The van der Waals surface area contributed by atoms with Gasteiger partial charge in [-0.25, -0.2) is 9.37 Å². The lowest BCUT2D eigenvalue weighted by Crippen LogP contribution is -2.14. The van der Waals surface area contributed by atoms with Gasteiger partial charge in [-0.15, -0.1) is 0 Å². The number of benzene rings is 3. The summed E-state index contributed by atoms with van der Waals surface area (Å²) in [7, 11) is 0. The Morgan fingerprint density at radius 3 is 2.66 bits per heavy atom. The van der Waals surface area contributed by atoms with Gasteiger partial charge in [0.25, 0.3) is 5.91 Å². The van der Waals surface area contributed by atoms with Gasteiger partial charge in [-0.05, 0) is 48.4 Å². The van der Waals surface area contributed by atoms with Crippen LogP contribution >= 0.6 is 15.9 Å². The molecule has 1 aromatic heterocycles. The van der Waals surface area contributed by atoms with Crippen LogP contribution in [0.5, 0.6) is 5.75 Å². The van der Waals surface area contributed by atoms with E-state index in [1.165, 1.54) is 12.1 Å². The Morgan fingerprint density at radius 1 is 1.06 bits per heavy atom. The van der Waals surface area contributed by atoms with Gasteiger partial charge < -0.3 is 10.1 Å². The number of fused-ring (bicyclic) bond motifs is 1. The molecule has 1 N–H and O–H groups in total. The van der Waals surface area contributed by atoms with Crippen molar-refractivity contribution >= 4 is 38.4 Å². The van der Waals surface area contributed by atoms with Crippen molar-refractivity contribution in [2.45, 2.75) is 13.8 Å². The summed E-state index contributed by atoms with van der Waals surface area (Å²) >= 11 is 3.23. The average Bonchev–Trinajstić information content (AvgIpc) is 2.79. The molecule has 0 spiro atoms. The van der Waals surface area contributed by atoms with E-state index in [9.17, 15) is 9.18 Å². The van der Waals surface area contributed by atoms with Crippen molar-refractivity contribution in [1.82, 2.24) is 4.98 Å². The second-order valence-electron chi connectivity index (χ2n) is 7.88. The number of hydrogen-bond acceptors (Lipinski definition) is 3. The molecule has 0 saturated heterocycles. The quantitative estimate of drug-likeness (QED) is 0.312. The van der Waals surface area contributed by atoms with Gasteiger partial charge in [0, 0.05) is 15.4 Å². The topological polar surface area (TPSA) is 51.2 Å². The molecule has 1 heterocycles. The zero-order valence-electron chi connectivity index (χ0n) is 17.7. The molecule has 0 bridgehead atoms. The molecule has 162 valence electrons. The number of para-hydroxylation sites is 1. The van der Waals surface area contributed by atoms with Crippen LogP contribution in [0, 0.1) is 11.7 Å². The molecule has 0 atom stereocenters. The van der Waals surface area contributed by atoms with Crippen LogP contribution in [0.1, 0.15) is 24.2 Å². The van der Waals surface area contributed by atoms with Gasteiger partial charge >= 0.3 is 0 Å². The van der Waals surface area contributed by atoms with E-state index >= 15 is 0 Å².